The number of ether oxygens (including phenoxy) is 1. The maximum atomic E-state index is 12.6. The van der Waals surface area contributed by atoms with Crippen LogP contribution in [-0.4, -0.2) is 40.3 Å². The molecule has 0 spiro atoms. The van der Waals surface area contributed by atoms with E-state index in [1.807, 2.05) is 47.4 Å². The highest BCUT2D eigenvalue weighted by Gasteiger charge is 2.21. The van der Waals surface area contributed by atoms with Crippen molar-refractivity contribution in [2.75, 3.05) is 19.6 Å². The highest BCUT2D eigenvalue weighted by Crippen LogP contribution is 2.18. The lowest BCUT2D eigenvalue weighted by molar-refractivity contribution is -0.130. The van der Waals surface area contributed by atoms with Crippen LogP contribution >= 0.6 is 0 Å². The van der Waals surface area contributed by atoms with Crippen molar-refractivity contribution in [2.24, 2.45) is 0 Å². The first-order chi connectivity index (χ1) is 14.8. The van der Waals surface area contributed by atoms with Crippen LogP contribution in [0, 0.1) is 0 Å². The second-order valence-corrected chi connectivity index (χ2v) is 7.62. The summed E-state index contributed by atoms with van der Waals surface area (Å²) in [5, 5.41) is 0. The van der Waals surface area contributed by atoms with E-state index in [1.54, 1.807) is 12.4 Å². The first-order valence-electron chi connectivity index (χ1n) is 10.4. The number of nitrogens with zero attached hydrogens (tertiary/aromatic N) is 3. The van der Waals surface area contributed by atoms with Crippen molar-refractivity contribution in [2.45, 2.75) is 26.1 Å². The molecule has 0 radical (unpaired) electrons. The molecule has 0 atom stereocenters. The Morgan fingerprint density at radius 1 is 0.800 bits per heavy atom. The highest BCUT2D eigenvalue weighted by atomic mass is 16.5. The Hall–Kier alpha value is -3.18. The summed E-state index contributed by atoms with van der Waals surface area (Å²) in [5.74, 6) is 1.09. The van der Waals surface area contributed by atoms with Gasteiger partial charge in [-0.25, -0.2) is 0 Å². The number of rotatable bonds is 7. The van der Waals surface area contributed by atoms with Crippen LogP contribution in [0.3, 0.4) is 0 Å². The molecule has 0 aliphatic carbocycles. The van der Waals surface area contributed by atoms with Crippen LogP contribution in [0.4, 0.5) is 0 Å². The molecule has 30 heavy (non-hydrogen) atoms. The molecular weight excluding hydrogens is 374 g/mol. The summed E-state index contributed by atoms with van der Waals surface area (Å²) in [4.78, 5) is 20.9. The van der Waals surface area contributed by atoms with Crippen molar-refractivity contribution in [3.63, 3.8) is 0 Å². The quantitative estimate of drug-likeness (QED) is 0.602. The zero-order valence-corrected chi connectivity index (χ0v) is 17.1. The second kappa shape index (κ2) is 10.0. The first kappa shape index (κ1) is 20.1. The van der Waals surface area contributed by atoms with Crippen LogP contribution in [-0.2, 0) is 24.5 Å². The summed E-state index contributed by atoms with van der Waals surface area (Å²) in [6.07, 6.45) is 4.10. The number of benzene rings is 2. The minimum Gasteiger partial charge on any atom is -0.489 e. The minimum absolute atomic E-state index is 0.217. The van der Waals surface area contributed by atoms with Crippen molar-refractivity contribution in [3.05, 3.63) is 95.8 Å². The third kappa shape index (κ3) is 5.67. The maximum Gasteiger partial charge on any atom is 0.224 e. The lowest BCUT2D eigenvalue weighted by Gasteiger charge is -2.22. The van der Waals surface area contributed by atoms with Crippen LogP contribution in [0.5, 0.6) is 5.75 Å². The van der Waals surface area contributed by atoms with Gasteiger partial charge in [-0.3, -0.25) is 14.7 Å². The largest absolute Gasteiger partial charge is 0.489 e. The molecule has 1 aromatic heterocycles. The Bertz CT molecular complexity index is 947. The van der Waals surface area contributed by atoms with Gasteiger partial charge in [0.2, 0.25) is 5.91 Å². The van der Waals surface area contributed by atoms with E-state index in [4.69, 9.17) is 4.74 Å². The molecule has 5 heteroatoms. The fourth-order valence-corrected chi connectivity index (χ4v) is 3.68. The van der Waals surface area contributed by atoms with Gasteiger partial charge in [0, 0.05) is 51.5 Å². The van der Waals surface area contributed by atoms with Crippen molar-refractivity contribution in [1.29, 1.82) is 0 Å². The summed E-state index contributed by atoms with van der Waals surface area (Å²) < 4.78 is 5.96. The predicted molar refractivity (Wildman–Crippen MR) is 117 cm³/mol. The molecule has 2 heterocycles. The van der Waals surface area contributed by atoms with Gasteiger partial charge >= 0.3 is 0 Å². The van der Waals surface area contributed by atoms with Crippen LogP contribution in [0.15, 0.2) is 79.1 Å². The molecule has 0 N–H and O–H groups in total. The van der Waals surface area contributed by atoms with Gasteiger partial charge in [-0.05, 0) is 41.0 Å². The normalized spacial score (nSPS) is 15.1. The van der Waals surface area contributed by atoms with Crippen LogP contribution in [0.1, 0.15) is 23.1 Å². The molecule has 0 saturated carbocycles. The molecule has 1 saturated heterocycles. The van der Waals surface area contributed by atoms with Gasteiger partial charge in [-0.15, -0.1) is 0 Å². The Morgan fingerprint density at radius 2 is 1.60 bits per heavy atom. The number of hydrogen-bond acceptors (Lipinski definition) is 4. The molecule has 1 aliphatic rings. The molecule has 5 nitrogen and oxygen atoms in total. The Balaban J connectivity index is 1.32. The maximum absolute atomic E-state index is 12.6. The average Bonchev–Trinajstić information content (AvgIpc) is 2.96. The topological polar surface area (TPSA) is 45.7 Å². The van der Waals surface area contributed by atoms with Crippen molar-refractivity contribution < 1.29 is 9.53 Å². The highest BCUT2D eigenvalue weighted by molar-refractivity contribution is 5.76. The molecule has 0 unspecified atom stereocenters. The third-order valence-corrected chi connectivity index (χ3v) is 5.36. The lowest BCUT2D eigenvalue weighted by atomic mass is 10.2. The van der Waals surface area contributed by atoms with E-state index in [0.717, 1.165) is 43.1 Å². The summed E-state index contributed by atoms with van der Waals surface area (Å²) in [5.41, 5.74) is 3.48. The molecule has 0 bridgehead atoms. The number of carbonyl (C=O) groups is 1. The van der Waals surface area contributed by atoms with Crippen LogP contribution in [0.25, 0.3) is 0 Å². The van der Waals surface area contributed by atoms with E-state index < -0.39 is 0 Å². The summed E-state index contributed by atoms with van der Waals surface area (Å²) in [6, 6.07) is 22.4. The van der Waals surface area contributed by atoms with E-state index in [9.17, 15) is 4.79 Å². The van der Waals surface area contributed by atoms with Crippen molar-refractivity contribution in [1.82, 2.24) is 14.8 Å². The number of carbonyl (C=O) groups excluding carboxylic acids is 1. The minimum atomic E-state index is 0.217. The van der Waals surface area contributed by atoms with Gasteiger partial charge in [-0.1, -0.05) is 42.5 Å². The number of hydrogen-bond donors (Lipinski definition) is 0. The zero-order valence-electron chi connectivity index (χ0n) is 17.1. The van der Waals surface area contributed by atoms with Gasteiger partial charge in [-0.2, -0.15) is 0 Å². The monoisotopic (exact) mass is 401 g/mol. The fraction of sp³-hybridized carbons (Fsp3) is 0.280. The van der Waals surface area contributed by atoms with Crippen molar-refractivity contribution in [3.8, 4) is 5.75 Å². The SMILES string of the molecule is O=C1CCN(Cc2cccc(OCc3ccccc3)c2)CCN1Cc1ccncc1. The van der Waals surface area contributed by atoms with Crippen molar-refractivity contribution >= 4 is 5.91 Å². The van der Waals surface area contributed by atoms with E-state index in [1.165, 1.54) is 5.56 Å². The smallest absolute Gasteiger partial charge is 0.224 e. The standard InChI is InChI=1S/C25H27N3O2/c29-25-11-14-27(15-16-28(25)19-21-9-12-26-13-10-21)18-23-7-4-8-24(17-23)30-20-22-5-2-1-3-6-22/h1-10,12-13,17H,11,14-16,18-20H2. The first-order valence-corrected chi connectivity index (χ1v) is 10.4. The summed E-state index contributed by atoms with van der Waals surface area (Å²) >= 11 is 0. The molecule has 1 amide bonds. The average molecular weight is 402 g/mol. The molecule has 1 fully saturated rings. The summed E-state index contributed by atoms with van der Waals surface area (Å²) in [7, 11) is 0. The van der Waals surface area contributed by atoms with Gasteiger partial charge in [0.25, 0.3) is 0 Å². The van der Waals surface area contributed by atoms with Gasteiger partial charge in [0.05, 0.1) is 0 Å². The number of amides is 1. The van der Waals surface area contributed by atoms with Gasteiger partial charge < -0.3 is 9.64 Å². The van der Waals surface area contributed by atoms with Gasteiger partial charge in [0.1, 0.15) is 12.4 Å². The molecular formula is C25H27N3O2. The van der Waals surface area contributed by atoms with Gasteiger partial charge in [0.15, 0.2) is 0 Å². The van der Waals surface area contributed by atoms with Crippen LogP contribution in [0.2, 0.25) is 0 Å². The van der Waals surface area contributed by atoms with Crippen LogP contribution < -0.4 is 4.74 Å². The molecule has 1 aliphatic heterocycles. The second-order valence-electron chi connectivity index (χ2n) is 7.62. The third-order valence-electron chi connectivity index (χ3n) is 5.36. The van der Waals surface area contributed by atoms with E-state index in [-0.39, 0.29) is 5.91 Å². The Morgan fingerprint density at radius 3 is 2.43 bits per heavy atom. The number of aromatic nitrogens is 1. The Labute approximate surface area is 177 Å². The lowest BCUT2D eigenvalue weighted by Crippen LogP contribution is -2.32. The number of pyridine rings is 1. The zero-order chi connectivity index (χ0) is 20.6. The fourth-order valence-electron chi connectivity index (χ4n) is 3.68. The molecule has 154 valence electrons. The predicted octanol–water partition coefficient (Wildman–Crippen LogP) is 3.90. The summed E-state index contributed by atoms with van der Waals surface area (Å²) in [6.45, 7) is 4.42. The van der Waals surface area contributed by atoms with E-state index >= 15 is 0 Å². The molecule has 4 rings (SSSR count). The molecule has 2 aromatic carbocycles. The van der Waals surface area contributed by atoms with E-state index in [2.05, 4.69) is 34.1 Å². The van der Waals surface area contributed by atoms with E-state index in [0.29, 0.717) is 19.6 Å². The Kier molecular flexibility index (Phi) is 6.72. The molecule has 3 aromatic rings.